The molecule has 1 fully saturated rings. The zero-order valence-electron chi connectivity index (χ0n) is 10.5. The fourth-order valence-electron chi connectivity index (χ4n) is 3.65. The molecule has 0 aliphatic heterocycles. The van der Waals surface area contributed by atoms with Crippen molar-refractivity contribution in [3.8, 4) is 0 Å². The third-order valence-electron chi connectivity index (χ3n) is 4.20. The van der Waals surface area contributed by atoms with Crippen LogP contribution in [0.1, 0.15) is 12.8 Å². The van der Waals surface area contributed by atoms with Crippen molar-refractivity contribution in [3.05, 3.63) is 23.3 Å². The maximum atomic E-state index is 10.9. The summed E-state index contributed by atoms with van der Waals surface area (Å²) in [6.45, 7) is 0. The summed E-state index contributed by atoms with van der Waals surface area (Å²) in [5.41, 5.74) is 0.588. The first-order valence-electron chi connectivity index (χ1n) is 5.44. The maximum Gasteiger partial charge on any atom is 1.00 e. The Balaban J connectivity index is 0.000000810. The van der Waals surface area contributed by atoms with E-state index in [1.807, 2.05) is 0 Å². The van der Waals surface area contributed by atoms with Gasteiger partial charge in [0.1, 0.15) is 0 Å². The molecule has 1 saturated carbocycles. The second-order valence-corrected chi connectivity index (χ2v) is 4.79. The number of hydrogen-bond donors (Lipinski definition) is 0. The van der Waals surface area contributed by atoms with E-state index in [1.165, 1.54) is 0 Å². The van der Waals surface area contributed by atoms with Crippen LogP contribution in [0.25, 0.3) is 0 Å². The fourth-order valence-corrected chi connectivity index (χ4v) is 3.65. The first-order chi connectivity index (χ1) is 7.59. The summed E-state index contributed by atoms with van der Waals surface area (Å²) < 4.78 is 0. The van der Waals surface area contributed by atoms with Gasteiger partial charge in [-0.05, 0) is 47.7 Å². The molecule has 4 unspecified atom stereocenters. The monoisotopic (exact) mass is 296 g/mol. The normalized spacial score (nSPS) is 34.9. The number of fused-ring (bicyclic) bond motifs is 5. The topological polar surface area (TPSA) is 80.3 Å². The summed E-state index contributed by atoms with van der Waals surface area (Å²) >= 11 is 0. The van der Waals surface area contributed by atoms with Crippen LogP contribution in [0.3, 0.4) is 0 Å². The molecule has 18 heavy (non-hydrogen) atoms. The Bertz CT molecular complexity index is 455. The van der Waals surface area contributed by atoms with E-state index < -0.39 is 11.9 Å². The Morgan fingerprint density at radius 2 is 1.72 bits per heavy atom. The molecule has 2 bridgehead atoms. The molecule has 3 aliphatic carbocycles. The second-order valence-electron chi connectivity index (χ2n) is 4.79. The standard InChI is InChI=1S/C12H12O4.2K/c13-11(14)7-2-1-6-5-3-8(10(6)7)9(4-5)12(15)16;;/h2,4-6,8,10H,1,3H2,(H,13,14)(H,15,16);;/q;2*+1/p-2. The van der Waals surface area contributed by atoms with Gasteiger partial charge < -0.3 is 19.8 Å². The van der Waals surface area contributed by atoms with Crippen molar-refractivity contribution < 1.29 is 123 Å². The first kappa shape index (κ1) is 17.7. The number of hydrogen-bond acceptors (Lipinski definition) is 4. The number of aliphatic carboxylic acids is 2. The van der Waals surface area contributed by atoms with Crippen LogP contribution < -0.4 is 113 Å². The van der Waals surface area contributed by atoms with Crippen molar-refractivity contribution in [3.63, 3.8) is 0 Å². The van der Waals surface area contributed by atoms with E-state index in [9.17, 15) is 19.8 Å². The van der Waals surface area contributed by atoms with Gasteiger partial charge in [-0.25, -0.2) is 0 Å². The van der Waals surface area contributed by atoms with Crippen LogP contribution in [-0.2, 0) is 9.59 Å². The van der Waals surface area contributed by atoms with Crippen molar-refractivity contribution in [1.29, 1.82) is 0 Å². The molecule has 3 rings (SSSR count). The molecule has 0 radical (unpaired) electrons. The van der Waals surface area contributed by atoms with Crippen molar-refractivity contribution in [2.24, 2.45) is 23.7 Å². The van der Waals surface area contributed by atoms with E-state index in [-0.39, 0.29) is 126 Å². The van der Waals surface area contributed by atoms with Crippen molar-refractivity contribution in [1.82, 2.24) is 0 Å². The smallest absolute Gasteiger partial charge is 0.545 e. The van der Waals surface area contributed by atoms with Crippen LogP contribution >= 0.6 is 0 Å². The minimum absolute atomic E-state index is 0. The predicted molar refractivity (Wildman–Crippen MR) is 49.4 cm³/mol. The van der Waals surface area contributed by atoms with Crippen LogP contribution in [0, 0.1) is 23.7 Å². The van der Waals surface area contributed by atoms with Gasteiger partial charge in [0.15, 0.2) is 0 Å². The third kappa shape index (κ3) is 2.70. The molecule has 4 atom stereocenters. The van der Waals surface area contributed by atoms with E-state index in [0.29, 0.717) is 11.1 Å². The van der Waals surface area contributed by atoms with Crippen molar-refractivity contribution in [2.45, 2.75) is 12.8 Å². The van der Waals surface area contributed by atoms with Gasteiger partial charge in [-0.15, -0.1) is 0 Å². The summed E-state index contributed by atoms with van der Waals surface area (Å²) in [7, 11) is 0. The Hall–Kier alpha value is 1.69. The number of rotatable bonds is 2. The van der Waals surface area contributed by atoms with Gasteiger partial charge in [-0.3, -0.25) is 0 Å². The van der Waals surface area contributed by atoms with Gasteiger partial charge >= 0.3 is 103 Å². The Morgan fingerprint density at radius 1 is 1.11 bits per heavy atom. The average Bonchev–Trinajstić information content (AvgIpc) is 2.87. The molecule has 0 aromatic heterocycles. The molecule has 0 amide bonds. The van der Waals surface area contributed by atoms with E-state index >= 15 is 0 Å². The van der Waals surface area contributed by atoms with E-state index in [1.54, 1.807) is 12.2 Å². The second kappa shape index (κ2) is 6.64. The Labute approximate surface area is 190 Å². The Morgan fingerprint density at radius 3 is 2.28 bits per heavy atom. The summed E-state index contributed by atoms with van der Waals surface area (Å²) in [6, 6.07) is 0. The van der Waals surface area contributed by atoms with Gasteiger partial charge in [0.05, 0.1) is 11.9 Å². The van der Waals surface area contributed by atoms with Crippen LogP contribution in [0.2, 0.25) is 0 Å². The molecule has 6 heteroatoms. The van der Waals surface area contributed by atoms with Gasteiger partial charge in [0.2, 0.25) is 0 Å². The van der Waals surface area contributed by atoms with Gasteiger partial charge in [0, 0.05) is 0 Å². The summed E-state index contributed by atoms with van der Waals surface area (Å²) in [5, 5.41) is 21.8. The van der Waals surface area contributed by atoms with Gasteiger partial charge in [0.25, 0.3) is 0 Å². The Kier molecular flexibility index (Phi) is 6.54. The quantitative estimate of drug-likeness (QED) is 0.474. The molecule has 0 aromatic carbocycles. The number of carboxylic acids is 2. The first-order valence-corrected chi connectivity index (χ1v) is 5.44. The largest absolute Gasteiger partial charge is 1.00 e. The number of carbonyl (C=O) groups excluding carboxylic acids is 2. The molecule has 0 spiro atoms. The summed E-state index contributed by atoms with van der Waals surface area (Å²) in [6.07, 6.45) is 4.93. The molecule has 4 nitrogen and oxygen atoms in total. The number of allylic oxidation sites excluding steroid dienone is 2. The molecule has 3 aliphatic rings. The average molecular weight is 296 g/mol. The maximum absolute atomic E-state index is 10.9. The number of carboxylic acid groups (broad SMARTS) is 2. The molecule has 0 N–H and O–H groups in total. The zero-order valence-corrected chi connectivity index (χ0v) is 16.8. The minimum Gasteiger partial charge on any atom is -0.545 e. The molecule has 84 valence electrons. The van der Waals surface area contributed by atoms with Crippen molar-refractivity contribution in [2.75, 3.05) is 0 Å². The number of carbonyl (C=O) groups is 2. The summed E-state index contributed by atoms with van der Waals surface area (Å²) in [5.74, 6) is -2.18. The van der Waals surface area contributed by atoms with Crippen LogP contribution in [0.5, 0.6) is 0 Å². The van der Waals surface area contributed by atoms with E-state index in [4.69, 9.17) is 0 Å². The van der Waals surface area contributed by atoms with Crippen molar-refractivity contribution >= 4 is 11.9 Å². The zero-order chi connectivity index (χ0) is 11.4. The molecule has 0 heterocycles. The van der Waals surface area contributed by atoms with Crippen LogP contribution in [-0.4, -0.2) is 11.9 Å². The summed E-state index contributed by atoms with van der Waals surface area (Å²) in [4.78, 5) is 21.8. The van der Waals surface area contributed by atoms with E-state index in [2.05, 4.69) is 0 Å². The van der Waals surface area contributed by atoms with E-state index in [0.717, 1.165) is 12.8 Å². The van der Waals surface area contributed by atoms with Gasteiger partial charge in [-0.2, -0.15) is 0 Å². The molecular weight excluding hydrogens is 286 g/mol. The molecular formula is C12H10K2O4. The molecule has 0 aromatic rings. The predicted octanol–water partition coefficient (Wildman–Crippen LogP) is -7.37. The molecule has 0 saturated heterocycles. The SMILES string of the molecule is O=C([O-])C1=CC2CC1C1C(C(=O)[O-])=CCC21.[K+].[K+]. The third-order valence-corrected chi connectivity index (χ3v) is 4.20. The minimum atomic E-state index is -1.16. The van der Waals surface area contributed by atoms with Crippen LogP contribution in [0.15, 0.2) is 23.3 Å². The van der Waals surface area contributed by atoms with Crippen LogP contribution in [0.4, 0.5) is 0 Å². The van der Waals surface area contributed by atoms with Gasteiger partial charge in [-0.1, -0.05) is 12.2 Å². The fraction of sp³-hybridized carbons (Fsp3) is 0.500.